The fourth-order valence-electron chi connectivity index (χ4n) is 1.54. The average molecular weight is 256 g/mol. The molecule has 0 spiro atoms. The summed E-state index contributed by atoms with van der Waals surface area (Å²) in [7, 11) is 0. The standard InChI is InChI=1S/C12H18BrN/c1-2-10-7-11(5-3-4-6-14)9-12(13)8-10/h7-9H,2-6,14H2,1H3. The Hall–Kier alpha value is -0.340. The van der Waals surface area contributed by atoms with Gasteiger partial charge in [0.2, 0.25) is 0 Å². The van der Waals surface area contributed by atoms with Crippen molar-refractivity contribution in [2.45, 2.75) is 32.6 Å². The quantitative estimate of drug-likeness (QED) is 0.804. The van der Waals surface area contributed by atoms with Crippen molar-refractivity contribution in [2.75, 3.05) is 6.54 Å². The van der Waals surface area contributed by atoms with E-state index in [-0.39, 0.29) is 0 Å². The van der Waals surface area contributed by atoms with Crippen LogP contribution >= 0.6 is 15.9 Å². The third kappa shape index (κ3) is 3.81. The van der Waals surface area contributed by atoms with Crippen LogP contribution in [0.15, 0.2) is 22.7 Å². The monoisotopic (exact) mass is 255 g/mol. The van der Waals surface area contributed by atoms with Gasteiger partial charge in [-0.05, 0) is 55.5 Å². The Morgan fingerprint density at radius 3 is 2.50 bits per heavy atom. The van der Waals surface area contributed by atoms with E-state index in [1.54, 1.807) is 0 Å². The van der Waals surface area contributed by atoms with E-state index in [2.05, 4.69) is 41.1 Å². The molecule has 1 nitrogen and oxygen atoms in total. The molecule has 0 atom stereocenters. The summed E-state index contributed by atoms with van der Waals surface area (Å²) in [4.78, 5) is 0. The van der Waals surface area contributed by atoms with Crippen molar-refractivity contribution < 1.29 is 0 Å². The SMILES string of the molecule is CCc1cc(Br)cc(CCCCN)c1. The minimum absolute atomic E-state index is 0.800. The molecule has 0 fully saturated rings. The van der Waals surface area contributed by atoms with Gasteiger partial charge in [0.1, 0.15) is 0 Å². The third-order valence-electron chi connectivity index (χ3n) is 2.35. The van der Waals surface area contributed by atoms with Gasteiger partial charge in [-0.25, -0.2) is 0 Å². The predicted molar refractivity (Wildman–Crippen MR) is 65.5 cm³/mol. The molecule has 1 rings (SSSR count). The molecule has 0 aromatic heterocycles. The molecule has 0 saturated heterocycles. The minimum atomic E-state index is 0.800. The van der Waals surface area contributed by atoms with Crippen molar-refractivity contribution in [3.63, 3.8) is 0 Å². The summed E-state index contributed by atoms with van der Waals surface area (Å²) >= 11 is 3.54. The lowest BCUT2D eigenvalue weighted by Gasteiger charge is -2.05. The van der Waals surface area contributed by atoms with Gasteiger partial charge in [0.05, 0.1) is 0 Å². The van der Waals surface area contributed by atoms with E-state index in [9.17, 15) is 0 Å². The maximum absolute atomic E-state index is 5.47. The number of aryl methyl sites for hydroxylation is 2. The van der Waals surface area contributed by atoms with Crippen LogP contribution in [0.1, 0.15) is 30.9 Å². The molecular weight excluding hydrogens is 238 g/mol. The topological polar surface area (TPSA) is 26.0 Å². The minimum Gasteiger partial charge on any atom is -0.330 e. The molecule has 0 aliphatic rings. The Labute approximate surface area is 94.8 Å². The van der Waals surface area contributed by atoms with Crippen LogP contribution < -0.4 is 5.73 Å². The van der Waals surface area contributed by atoms with Crippen LogP contribution in [0.25, 0.3) is 0 Å². The number of rotatable bonds is 5. The van der Waals surface area contributed by atoms with E-state index in [0.29, 0.717) is 0 Å². The maximum Gasteiger partial charge on any atom is 0.0180 e. The zero-order chi connectivity index (χ0) is 10.4. The van der Waals surface area contributed by atoms with Gasteiger partial charge in [-0.3, -0.25) is 0 Å². The summed E-state index contributed by atoms with van der Waals surface area (Å²) in [6.45, 7) is 2.99. The van der Waals surface area contributed by atoms with Gasteiger partial charge in [-0.1, -0.05) is 28.9 Å². The highest BCUT2D eigenvalue weighted by molar-refractivity contribution is 9.10. The van der Waals surface area contributed by atoms with Gasteiger partial charge >= 0.3 is 0 Å². The molecule has 0 aliphatic carbocycles. The Morgan fingerprint density at radius 2 is 1.86 bits per heavy atom. The van der Waals surface area contributed by atoms with E-state index in [4.69, 9.17) is 5.73 Å². The number of hydrogen-bond donors (Lipinski definition) is 1. The summed E-state index contributed by atoms with van der Waals surface area (Å²) in [5, 5.41) is 0. The number of halogens is 1. The van der Waals surface area contributed by atoms with E-state index in [1.807, 2.05) is 0 Å². The Kier molecular flexibility index (Phi) is 5.20. The highest BCUT2D eigenvalue weighted by Gasteiger charge is 1.98. The first-order valence-corrected chi connectivity index (χ1v) is 6.04. The van der Waals surface area contributed by atoms with Crippen molar-refractivity contribution in [3.05, 3.63) is 33.8 Å². The van der Waals surface area contributed by atoms with Gasteiger partial charge in [-0.15, -0.1) is 0 Å². The smallest absolute Gasteiger partial charge is 0.0180 e. The second-order valence-electron chi connectivity index (χ2n) is 3.57. The van der Waals surface area contributed by atoms with Crippen molar-refractivity contribution in [2.24, 2.45) is 5.73 Å². The number of unbranched alkanes of at least 4 members (excludes halogenated alkanes) is 1. The molecule has 0 bridgehead atoms. The lowest BCUT2D eigenvalue weighted by molar-refractivity contribution is 0.744. The first-order valence-electron chi connectivity index (χ1n) is 5.24. The molecule has 0 unspecified atom stereocenters. The van der Waals surface area contributed by atoms with Crippen LogP contribution in [-0.4, -0.2) is 6.54 Å². The number of benzene rings is 1. The van der Waals surface area contributed by atoms with Crippen LogP contribution in [0.4, 0.5) is 0 Å². The molecule has 78 valence electrons. The van der Waals surface area contributed by atoms with Crippen LogP contribution in [0.5, 0.6) is 0 Å². The molecular formula is C12H18BrN. The lowest BCUT2D eigenvalue weighted by atomic mass is 10.0. The molecule has 0 saturated carbocycles. The first-order chi connectivity index (χ1) is 6.76. The second kappa shape index (κ2) is 6.20. The molecule has 1 aromatic rings. The lowest BCUT2D eigenvalue weighted by Crippen LogP contribution is -1.99. The van der Waals surface area contributed by atoms with E-state index in [0.717, 1.165) is 25.8 Å². The van der Waals surface area contributed by atoms with Gasteiger partial charge in [0.25, 0.3) is 0 Å². The molecule has 0 amide bonds. The summed E-state index contributed by atoms with van der Waals surface area (Å²) in [5.41, 5.74) is 8.30. The largest absolute Gasteiger partial charge is 0.330 e. The van der Waals surface area contributed by atoms with Crippen LogP contribution in [0, 0.1) is 0 Å². The Morgan fingerprint density at radius 1 is 1.14 bits per heavy atom. The van der Waals surface area contributed by atoms with Crippen molar-refractivity contribution >= 4 is 15.9 Å². The maximum atomic E-state index is 5.47. The third-order valence-corrected chi connectivity index (χ3v) is 2.80. The number of hydrogen-bond acceptors (Lipinski definition) is 1. The predicted octanol–water partition coefficient (Wildman–Crippen LogP) is 3.29. The first kappa shape index (κ1) is 11.7. The van der Waals surface area contributed by atoms with Gasteiger partial charge in [0, 0.05) is 4.47 Å². The molecule has 0 heterocycles. The molecule has 14 heavy (non-hydrogen) atoms. The normalized spacial score (nSPS) is 10.5. The van der Waals surface area contributed by atoms with Gasteiger partial charge in [0.15, 0.2) is 0 Å². The summed E-state index contributed by atoms with van der Waals surface area (Å²) < 4.78 is 1.19. The van der Waals surface area contributed by atoms with Crippen LogP contribution in [0.2, 0.25) is 0 Å². The highest BCUT2D eigenvalue weighted by Crippen LogP contribution is 2.17. The molecule has 0 aliphatic heterocycles. The van der Waals surface area contributed by atoms with E-state index >= 15 is 0 Å². The highest BCUT2D eigenvalue weighted by atomic mass is 79.9. The molecule has 2 N–H and O–H groups in total. The Balaban J connectivity index is 2.62. The molecule has 1 aromatic carbocycles. The molecule has 2 heteroatoms. The zero-order valence-corrected chi connectivity index (χ0v) is 10.3. The van der Waals surface area contributed by atoms with Crippen LogP contribution in [0.3, 0.4) is 0 Å². The summed E-state index contributed by atoms with van der Waals surface area (Å²) in [6.07, 6.45) is 4.55. The fraction of sp³-hybridized carbons (Fsp3) is 0.500. The van der Waals surface area contributed by atoms with Crippen molar-refractivity contribution in [1.82, 2.24) is 0 Å². The average Bonchev–Trinajstić information content (AvgIpc) is 2.17. The van der Waals surface area contributed by atoms with Crippen LogP contribution in [-0.2, 0) is 12.8 Å². The number of nitrogens with two attached hydrogens (primary N) is 1. The Bertz CT molecular complexity index is 284. The summed E-state index contributed by atoms with van der Waals surface area (Å²) in [6, 6.07) is 6.68. The van der Waals surface area contributed by atoms with Gasteiger partial charge < -0.3 is 5.73 Å². The van der Waals surface area contributed by atoms with Crippen molar-refractivity contribution in [1.29, 1.82) is 0 Å². The second-order valence-corrected chi connectivity index (χ2v) is 4.48. The van der Waals surface area contributed by atoms with E-state index < -0.39 is 0 Å². The fourth-order valence-corrected chi connectivity index (χ4v) is 2.13. The van der Waals surface area contributed by atoms with Gasteiger partial charge in [-0.2, -0.15) is 0 Å². The summed E-state index contributed by atoms with van der Waals surface area (Å²) in [5.74, 6) is 0. The van der Waals surface area contributed by atoms with Crippen molar-refractivity contribution in [3.8, 4) is 0 Å². The molecule has 0 radical (unpaired) electrons. The zero-order valence-electron chi connectivity index (χ0n) is 8.72. The van der Waals surface area contributed by atoms with E-state index in [1.165, 1.54) is 22.0 Å².